The second-order valence-corrected chi connectivity index (χ2v) is 7.73. The minimum Gasteiger partial charge on any atom is -0.497 e. The first-order valence-corrected chi connectivity index (χ1v) is 9.67. The summed E-state index contributed by atoms with van der Waals surface area (Å²) in [5.41, 5.74) is 1.70. The summed E-state index contributed by atoms with van der Waals surface area (Å²) in [5.74, 6) is 0.148. The maximum atomic E-state index is 12.5. The number of ether oxygens (including phenoxy) is 1. The molecule has 0 saturated carbocycles. The Labute approximate surface area is 166 Å². The van der Waals surface area contributed by atoms with E-state index in [9.17, 15) is 14.4 Å². The molecule has 0 bridgehead atoms. The van der Waals surface area contributed by atoms with E-state index in [1.54, 1.807) is 31.4 Å². The van der Waals surface area contributed by atoms with Crippen molar-refractivity contribution in [2.24, 2.45) is 0 Å². The summed E-state index contributed by atoms with van der Waals surface area (Å²) in [6.07, 6.45) is 0.351. The Morgan fingerprint density at radius 1 is 1.29 bits per heavy atom. The van der Waals surface area contributed by atoms with Crippen molar-refractivity contribution in [3.05, 3.63) is 40.4 Å². The number of aromatic nitrogens is 1. The molecule has 1 aromatic carbocycles. The summed E-state index contributed by atoms with van der Waals surface area (Å²) in [7, 11) is 1.57. The summed E-state index contributed by atoms with van der Waals surface area (Å²) in [5, 5.41) is 5.93. The molecule has 28 heavy (non-hydrogen) atoms. The van der Waals surface area contributed by atoms with Crippen molar-refractivity contribution in [3.63, 3.8) is 0 Å². The van der Waals surface area contributed by atoms with Gasteiger partial charge in [-0.05, 0) is 38.0 Å². The SMILES string of the molecule is COc1ccc(CN2C(=O)N[C@H](CCC(=O)Nc3nc(C)c(C)s3)C2=O)cc1. The predicted octanol–water partition coefficient (Wildman–Crippen LogP) is 2.61. The fraction of sp³-hybridized carbons (Fsp3) is 0.368. The number of rotatable bonds is 7. The monoisotopic (exact) mass is 402 g/mol. The zero-order valence-electron chi connectivity index (χ0n) is 15.9. The highest BCUT2D eigenvalue weighted by atomic mass is 32.1. The zero-order valence-corrected chi connectivity index (χ0v) is 16.8. The molecule has 1 atom stereocenters. The second kappa shape index (κ2) is 8.39. The van der Waals surface area contributed by atoms with Gasteiger partial charge >= 0.3 is 6.03 Å². The van der Waals surface area contributed by atoms with Crippen LogP contribution in [0.25, 0.3) is 0 Å². The first kappa shape index (κ1) is 19.8. The molecule has 0 radical (unpaired) electrons. The van der Waals surface area contributed by atoms with Gasteiger partial charge in [-0.25, -0.2) is 9.78 Å². The predicted molar refractivity (Wildman–Crippen MR) is 105 cm³/mol. The minimum atomic E-state index is -0.698. The van der Waals surface area contributed by atoms with Gasteiger partial charge in [0.05, 0.1) is 19.3 Å². The number of thiazole rings is 1. The highest BCUT2D eigenvalue weighted by molar-refractivity contribution is 7.15. The van der Waals surface area contributed by atoms with Crippen LogP contribution in [0.1, 0.15) is 29.0 Å². The normalized spacial score (nSPS) is 16.2. The molecule has 1 fully saturated rings. The Hall–Kier alpha value is -2.94. The molecule has 0 spiro atoms. The molecule has 2 aromatic rings. The highest BCUT2D eigenvalue weighted by Crippen LogP contribution is 2.22. The van der Waals surface area contributed by atoms with Crippen LogP contribution in [-0.4, -0.2) is 40.9 Å². The van der Waals surface area contributed by atoms with E-state index >= 15 is 0 Å². The molecule has 1 saturated heterocycles. The Kier molecular flexibility index (Phi) is 5.93. The van der Waals surface area contributed by atoms with Gasteiger partial charge in [0, 0.05) is 11.3 Å². The Bertz CT molecular complexity index is 874. The van der Waals surface area contributed by atoms with Crippen molar-refractivity contribution in [3.8, 4) is 5.75 Å². The molecular weight excluding hydrogens is 380 g/mol. The van der Waals surface area contributed by atoms with Crippen molar-refractivity contribution in [1.82, 2.24) is 15.2 Å². The van der Waals surface area contributed by atoms with E-state index < -0.39 is 12.1 Å². The fourth-order valence-electron chi connectivity index (χ4n) is 2.82. The quantitative estimate of drug-likeness (QED) is 0.694. The van der Waals surface area contributed by atoms with Crippen LogP contribution >= 0.6 is 11.3 Å². The molecule has 2 N–H and O–H groups in total. The van der Waals surface area contributed by atoms with Crippen molar-refractivity contribution >= 4 is 34.3 Å². The molecule has 1 aromatic heterocycles. The number of urea groups is 1. The highest BCUT2D eigenvalue weighted by Gasteiger charge is 2.37. The van der Waals surface area contributed by atoms with Crippen molar-refractivity contribution < 1.29 is 19.1 Å². The van der Waals surface area contributed by atoms with Gasteiger partial charge in [0.15, 0.2) is 5.13 Å². The topological polar surface area (TPSA) is 101 Å². The molecule has 2 heterocycles. The van der Waals surface area contributed by atoms with Crippen LogP contribution in [0.15, 0.2) is 24.3 Å². The summed E-state index contributed by atoms with van der Waals surface area (Å²) >= 11 is 1.41. The third kappa shape index (κ3) is 4.48. The molecule has 1 aliphatic rings. The number of methoxy groups -OCH3 is 1. The lowest BCUT2D eigenvalue weighted by Gasteiger charge is -2.13. The second-order valence-electron chi connectivity index (χ2n) is 6.52. The van der Waals surface area contributed by atoms with Crippen LogP contribution in [0.3, 0.4) is 0 Å². The summed E-state index contributed by atoms with van der Waals surface area (Å²) in [6, 6.07) is 6.01. The minimum absolute atomic E-state index is 0.116. The zero-order chi connectivity index (χ0) is 20.3. The maximum absolute atomic E-state index is 12.5. The smallest absolute Gasteiger partial charge is 0.325 e. The lowest BCUT2D eigenvalue weighted by molar-refractivity contribution is -0.128. The number of nitrogens with zero attached hydrogens (tertiary/aromatic N) is 2. The van der Waals surface area contributed by atoms with Crippen LogP contribution in [0.2, 0.25) is 0 Å². The van der Waals surface area contributed by atoms with Gasteiger partial charge in [-0.3, -0.25) is 14.5 Å². The van der Waals surface area contributed by atoms with Gasteiger partial charge in [0.25, 0.3) is 5.91 Å². The molecule has 9 heteroatoms. The van der Waals surface area contributed by atoms with E-state index in [-0.39, 0.29) is 31.2 Å². The number of aryl methyl sites for hydroxylation is 2. The molecule has 1 aliphatic heterocycles. The summed E-state index contributed by atoms with van der Waals surface area (Å²) < 4.78 is 5.10. The van der Waals surface area contributed by atoms with Gasteiger partial charge in [-0.15, -0.1) is 11.3 Å². The lowest BCUT2D eigenvalue weighted by atomic mass is 10.1. The van der Waals surface area contributed by atoms with Crippen LogP contribution in [0.4, 0.5) is 9.93 Å². The first-order valence-electron chi connectivity index (χ1n) is 8.86. The van der Waals surface area contributed by atoms with E-state index in [0.717, 1.165) is 21.0 Å². The van der Waals surface area contributed by atoms with E-state index in [0.29, 0.717) is 10.9 Å². The number of amides is 4. The molecule has 3 rings (SSSR count). The Morgan fingerprint density at radius 3 is 2.61 bits per heavy atom. The number of hydrogen-bond acceptors (Lipinski definition) is 6. The largest absolute Gasteiger partial charge is 0.497 e. The van der Waals surface area contributed by atoms with Crippen molar-refractivity contribution in [2.75, 3.05) is 12.4 Å². The van der Waals surface area contributed by atoms with Crippen LogP contribution in [-0.2, 0) is 16.1 Å². The third-order valence-corrected chi connectivity index (χ3v) is 5.53. The number of hydrogen-bond donors (Lipinski definition) is 2. The average Bonchev–Trinajstić information content (AvgIpc) is 3.12. The van der Waals surface area contributed by atoms with E-state index in [2.05, 4.69) is 15.6 Å². The lowest BCUT2D eigenvalue weighted by Crippen LogP contribution is -2.31. The average molecular weight is 402 g/mol. The Morgan fingerprint density at radius 2 is 2.00 bits per heavy atom. The van der Waals surface area contributed by atoms with Crippen LogP contribution < -0.4 is 15.4 Å². The maximum Gasteiger partial charge on any atom is 0.325 e. The number of anilines is 1. The van der Waals surface area contributed by atoms with Gasteiger partial charge in [-0.1, -0.05) is 12.1 Å². The van der Waals surface area contributed by atoms with Gasteiger partial charge < -0.3 is 15.4 Å². The molecule has 148 valence electrons. The van der Waals surface area contributed by atoms with Crippen molar-refractivity contribution in [2.45, 2.75) is 39.3 Å². The first-order chi connectivity index (χ1) is 13.4. The number of benzene rings is 1. The number of nitrogens with one attached hydrogen (secondary N) is 2. The fourth-order valence-corrected chi connectivity index (χ4v) is 3.65. The Balaban J connectivity index is 1.53. The van der Waals surface area contributed by atoms with Crippen LogP contribution in [0, 0.1) is 13.8 Å². The third-order valence-electron chi connectivity index (χ3n) is 4.54. The summed E-state index contributed by atoms with van der Waals surface area (Å²) in [6.45, 7) is 3.99. The van der Waals surface area contributed by atoms with Crippen LogP contribution in [0.5, 0.6) is 5.75 Å². The molecule has 4 amide bonds. The number of imide groups is 1. The molecular formula is C19H22N4O4S. The van der Waals surface area contributed by atoms with E-state index in [1.165, 1.54) is 11.3 Å². The molecule has 8 nitrogen and oxygen atoms in total. The number of carbonyl (C=O) groups is 3. The van der Waals surface area contributed by atoms with Gasteiger partial charge in [0.2, 0.25) is 5.91 Å². The van der Waals surface area contributed by atoms with Crippen molar-refractivity contribution in [1.29, 1.82) is 0 Å². The molecule has 0 aliphatic carbocycles. The number of carbonyl (C=O) groups excluding carboxylic acids is 3. The van der Waals surface area contributed by atoms with E-state index in [4.69, 9.17) is 4.74 Å². The van der Waals surface area contributed by atoms with Gasteiger partial charge in [-0.2, -0.15) is 0 Å². The molecule has 0 unspecified atom stereocenters. The van der Waals surface area contributed by atoms with Gasteiger partial charge in [0.1, 0.15) is 11.8 Å². The van der Waals surface area contributed by atoms with E-state index in [1.807, 2.05) is 13.8 Å². The summed E-state index contributed by atoms with van der Waals surface area (Å²) in [4.78, 5) is 43.3. The standard InChI is InChI=1S/C19H22N4O4S/c1-11-12(2)28-18(20-11)22-16(24)9-8-15-17(25)23(19(26)21-15)10-13-4-6-14(27-3)7-5-13/h4-7,15H,8-10H2,1-3H3,(H,21,26)(H,20,22,24)/t15-/m1/s1.